The fourth-order valence-corrected chi connectivity index (χ4v) is 4.56. The molecule has 0 radical (unpaired) electrons. The van der Waals surface area contributed by atoms with Crippen LogP contribution in [0.2, 0.25) is 10.0 Å². The summed E-state index contributed by atoms with van der Waals surface area (Å²) in [4.78, 5) is 20.1. The Balaban J connectivity index is 1.77. The van der Waals surface area contributed by atoms with Gasteiger partial charge < -0.3 is 9.30 Å². The van der Waals surface area contributed by atoms with Crippen molar-refractivity contribution >= 4 is 35.0 Å². The molecular formula is C20H19Cl2N3O4S. The molecule has 158 valence electrons. The first-order valence-corrected chi connectivity index (χ1v) is 10.7. The highest BCUT2D eigenvalue weighted by Gasteiger charge is 2.17. The predicted molar refractivity (Wildman–Crippen MR) is 117 cm³/mol. The van der Waals surface area contributed by atoms with Gasteiger partial charge in [-0.2, -0.15) is 0 Å². The molecule has 1 heterocycles. The maximum Gasteiger partial charge on any atom is 0.302 e. The number of methoxy groups -OCH3 is 1. The largest absolute Gasteiger partial charge is 0.497 e. The topological polar surface area (TPSA) is 79.4 Å². The van der Waals surface area contributed by atoms with Crippen molar-refractivity contribution in [2.75, 3.05) is 7.11 Å². The summed E-state index contributed by atoms with van der Waals surface area (Å²) in [5.41, 5.74) is 1.16. The van der Waals surface area contributed by atoms with Crippen molar-refractivity contribution in [3.8, 4) is 11.8 Å². The van der Waals surface area contributed by atoms with Crippen LogP contribution < -0.4 is 9.57 Å². The quantitative estimate of drug-likeness (QED) is 0.220. The van der Waals surface area contributed by atoms with Crippen LogP contribution in [-0.2, 0) is 13.0 Å². The number of halogens is 2. The zero-order valence-electron chi connectivity index (χ0n) is 16.0. The second-order valence-corrected chi connectivity index (χ2v) is 8.56. The first-order chi connectivity index (χ1) is 14.4. The molecular weight excluding hydrogens is 449 g/mol. The Morgan fingerprint density at radius 1 is 1.23 bits per heavy atom. The van der Waals surface area contributed by atoms with Gasteiger partial charge in [0.1, 0.15) is 5.75 Å². The Morgan fingerprint density at radius 2 is 2.00 bits per heavy atom. The normalized spacial score (nSPS) is 11.8. The summed E-state index contributed by atoms with van der Waals surface area (Å²) in [6.45, 7) is 0.451. The van der Waals surface area contributed by atoms with E-state index < -0.39 is 5.09 Å². The van der Waals surface area contributed by atoms with Crippen LogP contribution in [0.15, 0.2) is 59.8 Å². The van der Waals surface area contributed by atoms with Crippen molar-refractivity contribution in [2.24, 2.45) is 0 Å². The van der Waals surface area contributed by atoms with Gasteiger partial charge in [0.15, 0.2) is 0 Å². The van der Waals surface area contributed by atoms with Crippen LogP contribution in [0, 0.1) is 10.1 Å². The first kappa shape index (κ1) is 22.3. The molecule has 30 heavy (non-hydrogen) atoms. The highest BCUT2D eigenvalue weighted by atomic mass is 35.5. The van der Waals surface area contributed by atoms with Gasteiger partial charge in [-0.15, -0.1) is 21.9 Å². The highest BCUT2D eigenvalue weighted by molar-refractivity contribution is 8.00. The van der Waals surface area contributed by atoms with Crippen molar-refractivity contribution in [2.45, 2.75) is 29.5 Å². The summed E-state index contributed by atoms with van der Waals surface area (Å²) in [5, 5.41) is 11.1. The second kappa shape index (κ2) is 10.6. The lowest BCUT2D eigenvalue weighted by Gasteiger charge is -2.19. The summed E-state index contributed by atoms with van der Waals surface area (Å²) in [6.07, 6.45) is 4.71. The molecule has 0 fully saturated rings. The summed E-state index contributed by atoms with van der Waals surface area (Å²) < 4.78 is 6.82. The Bertz CT molecular complexity index is 998. The molecule has 0 aliphatic rings. The molecule has 1 unspecified atom stereocenters. The van der Waals surface area contributed by atoms with Gasteiger partial charge in [-0.1, -0.05) is 35.3 Å². The number of rotatable bonds is 10. The SMILES string of the molecule is COc1ccc(CCC(Cn2ccnc2O[N+](=O)[O-])Sc2cc(Cl)ccc2Cl)cc1. The molecule has 3 aromatic rings. The lowest BCUT2D eigenvalue weighted by molar-refractivity contribution is -0.713. The molecule has 2 aromatic carbocycles. The second-order valence-electron chi connectivity index (χ2n) is 6.38. The van der Waals surface area contributed by atoms with Gasteiger partial charge in [0.2, 0.25) is 0 Å². The van der Waals surface area contributed by atoms with Crippen LogP contribution in [0.3, 0.4) is 0 Å². The molecule has 0 aliphatic carbocycles. The van der Waals surface area contributed by atoms with Crippen molar-refractivity contribution in [3.63, 3.8) is 0 Å². The van der Waals surface area contributed by atoms with E-state index in [2.05, 4.69) is 9.82 Å². The molecule has 0 spiro atoms. The molecule has 0 bridgehead atoms. The Morgan fingerprint density at radius 3 is 2.70 bits per heavy atom. The third-order valence-corrected chi connectivity index (χ3v) is 6.32. The molecule has 7 nitrogen and oxygen atoms in total. The highest BCUT2D eigenvalue weighted by Crippen LogP contribution is 2.35. The predicted octanol–water partition coefficient (Wildman–Crippen LogP) is 5.56. The van der Waals surface area contributed by atoms with E-state index >= 15 is 0 Å². The molecule has 1 atom stereocenters. The number of ether oxygens (including phenoxy) is 1. The molecule has 3 rings (SSSR count). The van der Waals surface area contributed by atoms with Crippen LogP contribution in [0.4, 0.5) is 0 Å². The summed E-state index contributed by atoms with van der Waals surface area (Å²) in [7, 11) is 1.63. The van der Waals surface area contributed by atoms with E-state index in [1.807, 2.05) is 30.3 Å². The number of thioether (sulfide) groups is 1. The van der Waals surface area contributed by atoms with Gasteiger partial charge in [-0.3, -0.25) is 0 Å². The Labute approximate surface area is 188 Å². The van der Waals surface area contributed by atoms with Crippen LogP contribution in [-0.4, -0.2) is 27.0 Å². The van der Waals surface area contributed by atoms with Gasteiger partial charge in [-0.05, 0) is 48.7 Å². The first-order valence-electron chi connectivity index (χ1n) is 9.02. The number of nitrogens with zero attached hydrogens (tertiary/aromatic N) is 3. The van der Waals surface area contributed by atoms with Crippen molar-refractivity contribution < 1.29 is 14.7 Å². The van der Waals surface area contributed by atoms with E-state index in [0.717, 1.165) is 29.1 Å². The fourth-order valence-electron chi connectivity index (χ4n) is 2.87. The maximum absolute atomic E-state index is 10.7. The molecule has 0 N–H and O–H groups in total. The average molecular weight is 468 g/mol. The van der Waals surface area contributed by atoms with Crippen LogP contribution >= 0.6 is 35.0 Å². The average Bonchev–Trinajstić information content (AvgIpc) is 3.15. The van der Waals surface area contributed by atoms with Gasteiger partial charge >= 0.3 is 5.09 Å². The Kier molecular flexibility index (Phi) is 7.84. The summed E-state index contributed by atoms with van der Waals surface area (Å²) in [5.74, 6) is 0.801. The molecule has 0 amide bonds. The summed E-state index contributed by atoms with van der Waals surface area (Å²) in [6, 6.07) is 13.1. The number of aryl methyl sites for hydroxylation is 1. The zero-order valence-corrected chi connectivity index (χ0v) is 18.4. The van der Waals surface area contributed by atoms with Gasteiger partial charge in [0, 0.05) is 34.1 Å². The van der Waals surface area contributed by atoms with E-state index in [1.54, 1.807) is 41.8 Å². The molecule has 0 aliphatic heterocycles. The molecule has 10 heteroatoms. The fraction of sp³-hybridized carbons (Fsp3) is 0.250. The minimum atomic E-state index is -0.869. The number of imidazole rings is 1. The van der Waals surface area contributed by atoms with E-state index in [9.17, 15) is 10.1 Å². The number of hydrogen-bond acceptors (Lipinski definition) is 6. The van der Waals surface area contributed by atoms with E-state index in [-0.39, 0.29) is 11.3 Å². The minimum Gasteiger partial charge on any atom is -0.497 e. The summed E-state index contributed by atoms with van der Waals surface area (Å²) >= 11 is 14.0. The lowest BCUT2D eigenvalue weighted by atomic mass is 10.1. The minimum absolute atomic E-state index is 0.0337. The number of hydrogen-bond donors (Lipinski definition) is 0. The third kappa shape index (κ3) is 6.29. The monoisotopic (exact) mass is 467 g/mol. The van der Waals surface area contributed by atoms with Crippen molar-refractivity contribution in [1.82, 2.24) is 9.55 Å². The maximum atomic E-state index is 10.7. The smallest absolute Gasteiger partial charge is 0.302 e. The van der Waals surface area contributed by atoms with Crippen LogP contribution in [0.25, 0.3) is 0 Å². The number of benzene rings is 2. The molecule has 0 saturated heterocycles. The van der Waals surface area contributed by atoms with Crippen molar-refractivity contribution in [3.05, 3.63) is 80.6 Å². The van der Waals surface area contributed by atoms with E-state index in [4.69, 9.17) is 27.9 Å². The lowest BCUT2D eigenvalue weighted by Crippen LogP contribution is -2.17. The molecule has 1 aromatic heterocycles. The third-order valence-electron chi connectivity index (χ3n) is 4.33. The standard InChI is InChI=1S/C20H19Cl2N3O4S/c1-28-16-6-2-14(3-7-16)4-8-17(30-19-12-15(21)5-9-18(19)22)13-24-11-10-23-20(24)29-25(26)27/h2-3,5-7,9-12,17H,4,8,13H2,1H3. The van der Waals surface area contributed by atoms with E-state index in [0.29, 0.717) is 16.6 Å². The van der Waals surface area contributed by atoms with Gasteiger partial charge in [-0.25, -0.2) is 9.82 Å². The molecule has 0 saturated carbocycles. The van der Waals surface area contributed by atoms with E-state index in [1.165, 1.54) is 6.20 Å². The van der Waals surface area contributed by atoms with Gasteiger partial charge in [0.25, 0.3) is 6.01 Å². The van der Waals surface area contributed by atoms with Crippen molar-refractivity contribution in [1.29, 1.82) is 0 Å². The Hall–Kier alpha value is -2.42. The van der Waals surface area contributed by atoms with Gasteiger partial charge in [0.05, 0.1) is 12.1 Å². The zero-order chi connectivity index (χ0) is 21.5. The van der Waals surface area contributed by atoms with Crippen LogP contribution in [0.1, 0.15) is 12.0 Å². The van der Waals surface area contributed by atoms with Crippen LogP contribution in [0.5, 0.6) is 11.8 Å². The number of aromatic nitrogens is 2.